The van der Waals surface area contributed by atoms with Gasteiger partial charge in [-0.3, -0.25) is 0 Å². The SMILES string of the molecule is Cc1ccc(-c2c(C)ccc3c2oc2nc(C4CCCC4)ccc23)[n+](C)c1. The van der Waals surface area contributed by atoms with Crippen molar-refractivity contribution in [1.82, 2.24) is 4.98 Å². The Morgan fingerprint density at radius 3 is 2.52 bits per heavy atom. The van der Waals surface area contributed by atoms with Crippen LogP contribution >= 0.6 is 0 Å². The summed E-state index contributed by atoms with van der Waals surface area (Å²) in [6.07, 6.45) is 7.30. The quantitative estimate of drug-likeness (QED) is 0.428. The van der Waals surface area contributed by atoms with Crippen molar-refractivity contribution < 1.29 is 8.98 Å². The topological polar surface area (TPSA) is 29.9 Å². The number of aryl methyl sites for hydroxylation is 3. The zero-order valence-electron chi connectivity index (χ0n) is 16.2. The minimum atomic E-state index is 0.596. The highest BCUT2D eigenvalue weighted by molar-refractivity contribution is 6.08. The number of rotatable bonds is 2. The molecule has 0 bridgehead atoms. The maximum absolute atomic E-state index is 6.38. The van der Waals surface area contributed by atoms with Crippen LogP contribution < -0.4 is 4.57 Å². The molecule has 1 aromatic carbocycles. The van der Waals surface area contributed by atoms with Gasteiger partial charge in [0.1, 0.15) is 7.05 Å². The summed E-state index contributed by atoms with van der Waals surface area (Å²) in [6, 6.07) is 13.1. The molecule has 3 nitrogen and oxygen atoms in total. The Hall–Kier alpha value is -2.68. The molecule has 3 aromatic heterocycles. The fraction of sp³-hybridized carbons (Fsp3) is 0.333. The van der Waals surface area contributed by atoms with Crippen LogP contribution in [0.4, 0.5) is 0 Å². The molecule has 1 fully saturated rings. The van der Waals surface area contributed by atoms with E-state index in [2.05, 4.69) is 68.1 Å². The van der Waals surface area contributed by atoms with Crippen LogP contribution in [0.5, 0.6) is 0 Å². The van der Waals surface area contributed by atoms with Crippen molar-refractivity contribution in [2.75, 3.05) is 0 Å². The van der Waals surface area contributed by atoms with Crippen LogP contribution in [-0.2, 0) is 7.05 Å². The van der Waals surface area contributed by atoms with Crippen molar-refractivity contribution in [1.29, 1.82) is 0 Å². The van der Waals surface area contributed by atoms with Gasteiger partial charge in [-0.1, -0.05) is 25.0 Å². The Morgan fingerprint density at radius 1 is 0.963 bits per heavy atom. The largest absolute Gasteiger partial charge is 0.437 e. The first-order valence-corrected chi connectivity index (χ1v) is 9.91. The van der Waals surface area contributed by atoms with E-state index in [0.717, 1.165) is 27.6 Å². The van der Waals surface area contributed by atoms with Crippen molar-refractivity contribution in [3.63, 3.8) is 0 Å². The molecule has 0 radical (unpaired) electrons. The summed E-state index contributed by atoms with van der Waals surface area (Å²) in [5, 5.41) is 2.26. The van der Waals surface area contributed by atoms with Gasteiger partial charge >= 0.3 is 0 Å². The van der Waals surface area contributed by atoms with Gasteiger partial charge in [-0.2, -0.15) is 0 Å². The van der Waals surface area contributed by atoms with Crippen molar-refractivity contribution in [3.05, 3.63) is 59.4 Å². The summed E-state index contributed by atoms with van der Waals surface area (Å²) in [7, 11) is 2.10. The van der Waals surface area contributed by atoms with Crippen LogP contribution in [-0.4, -0.2) is 4.98 Å². The molecule has 0 unspecified atom stereocenters. The number of nitrogens with zero attached hydrogens (tertiary/aromatic N) is 2. The standard InChI is InChI=1S/C24H25N2O/c1-15-8-13-21(26(3)14-15)22-16(2)9-10-18-19-11-12-20(17-6-4-5-7-17)25-24(19)27-23(18)22/h8-14,17H,4-7H2,1-3H3/q+1. The van der Waals surface area contributed by atoms with Gasteiger partial charge in [0, 0.05) is 34.0 Å². The summed E-state index contributed by atoms with van der Waals surface area (Å²) in [5.74, 6) is 0.596. The molecule has 3 heterocycles. The minimum Gasteiger partial charge on any atom is -0.437 e. The monoisotopic (exact) mass is 357 g/mol. The lowest BCUT2D eigenvalue weighted by Crippen LogP contribution is -2.31. The fourth-order valence-corrected chi connectivity index (χ4v) is 4.61. The van der Waals surface area contributed by atoms with Gasteiger partial charge in [0.05, 0.1) is 5.56 Å². The van der Waals surface area contributed by atoms with Crippen LogP contribution in [0.1, 0.15) is 48.4 Å². The third-order valence-corrected chi connectivity index (χ3v) is 6.05. The zero-order valence-corrected chi connectivity index (χ0v) is 16.2. The van der Waals surface area contributed by atoms with Gasteiger partial charge in [0.15, 0.2) is 11.8 Å². The molecule has 0 amide bonds. The number of hydrogen-bond acceptors (Lipinski definition) is 2. The molecule has 0 aliphatic heterocycles. The predicted octanol–water partition coefficient (Wildman–Crippen LogP) is 5.75. The normalized spacial score (nSPS) is 15.2. The molecule has 5 rings (SSSR count). The van der Waals surface area contributed by atoms with Gasteiger partial charge in [-0.15, -0.1) is 0 Å². The average molecular weight is 357 g/mol. The molecule has 136 valence electrons. The minimum absolute atomic E-state index is 0.596. The Balaban J connectivity index is 1.75. The van der Waals surface area contributed by atoms with Gasteiger partial charge in [-0.25, -0.2) is 9.55 Å². The zero-order chi connectivity index (χ0) is 18.5. The first-order chi connectivity index (χ1) is 13.1. The second-order valence-electron chi connectivity index (χ2n) is 8.01. The molecule has 1 saturated carbocycles. The van der Waals surface area contributed by atoms with Gasteiger partial charge in [-0.05, 0) is 50.5 Å². The number of fused-ring (bicyclic) bond motifs is 3. The number of hydrogen-bond donors (Lipinski definition) is 0. The summed E-state index contributed by atoms with van der Waals surface area (Å²) in [5.41, 5.74) is 7.71. The molecule has 1 aliphatic rings. The lowest BCUT2D eigenvalue weighted by Gasteiger charge is -2.06. The molecule has 4 aromatic rings. The first kappa shape index (κ1) is 16.5. The molecule has 1 aliphatic carbocycles. The van der Waals surface area contributed by atoms with E-state index in [1.165, 1.54) is 48.2 Å². The Labute approximate surface area is 159 Å². The van der Waals surface area contributed by atoms with E-state index in [4.69, 9.17) is 9.40 Å². The summed E-state index contributed by atoms with van der Waals surface area (Å²) >= 11 is 0. The van der Waals surface area contributed by atoms with Crippen molar-refractivity contribution in [2.24, 2.45) is 7.05 Å². The Bertz CT molecular complexity index is 1170. The van der Waals surface area contributed by atoms with E-state index >= 15 is 0 Å². The van der Waals surface area contributed by atoms with Crippen LogP contribution in [0.25, 0.3) is 33.3 Å². The highest BCUT2D eigenvalue weighted by atomic mass is 16.3. The van der Waals surface area contributed by atoms with Crippen LogP contribution in [0.2, 0.25) is 0 Å². The molecule has 0 saturated heterocycles. The second kappa shape index (κ2) is 6.19. The molecule has 0 N–H and O–H groups in total. The van der Waals surface area contributed by atoms with Crippen LogP contribution in [0.3, 0.4) is 0 Å². The van der Waals surface area contributed by atoms with Crippen molar-refractivity contribution in [2.45, 2.75) is 45.4 Å². The van der Waals surface area contributed by atoms with E-state index < -0.39 is 0 Å². The summed E-state index contributed by atoms with van der Waals surface area (Å²) in [6.45, 7) is 4.27. The molecular weight excluding hydrogens is 332 g/mol. The lowest BCUT2D eigenvalue weighted by molar-refractivity contribution is -0.660. The lowest BCUT2D eigenvalue weighted by atomic mass is 10.00. The van der Waals surface area contributed by atoms with Crippen LogP contribution in [0, 0.1) is 13.8 Å². The Morgan fingerprint density at radius 2 is 1.74 bits per heavy atom. The van der Waals surface area contributed by atoms with Crippen LogP contribution in [0.15, 0.2) is 47.0 Å². The maximum Gasteiger partial charge on any atom is 0.227 e. The molecule has 27 heavy (non-hydrogen) atoms. The molecular formula is C24H25N2O+. The smallest absolute Gasteiger partial charge is 0.227 e. The van der Waals surface area contributed by atoms with Gasteiger partial charge < -0.3 is 4.42 Å². The van der Waals surface area contributed by atoms with E-state index in [1.54, 1.807) is 0 Å². The number of aromatic nitrogens is 2. The fourth-order valence-electron chi connectivity index (χ4n) is 4.61. The number of pyridine rings is 2. The van der Waals surface area contributed by atoms with Gasteiger partial charge in [0.25, 0.3) is 0 Å². The second-order valence-corrected chi connectivity index (χ2v) is 8.01. The highest BCUT2D eigenvalue weighted by Crippen LogP contribution is 2.38. The van der Waals surface area contributed by atoms with E-state index in [1.807, 2.05) is 0 Å². The van der Waals surface area contributed by atoms with Crippen molar-refractivity contribution in [3.8, 4) is 11.3 Å². The Kier molecular flexibility index (Phi) is 3.78. The van der Waals surface area contributed by atoms with E-state index in [-0.39, 0.29) is 0 Å². The molecule has 0 atom stereocenters. The van der Waals surface area contributed by atoms with E-state index in [9.17, 15) is 0 Å². The van der Waals surface area contributed by atoms with E-state index in [0.29, 0.717) is 5.92 Å². The third-order valence-electron chi connectivity index (χ3n) is 6.05. The number of furan rings is 1. The maximum atomic E-state index is 6.38. The van der Waals surface area contributed by atoms with Gasteiger partial charge in [0.2, 0.25) is 11.4 Å². The summed E-state index contributed by atoms with van der Waals surface area (Å²) in [4.78, 5) is 4.92. The molecule has 0 spiro atoms. The number of benzene rings is 1. The molecule has 3 heteroatoms. The average Bonchev–Trinajstić information content (AvgIpc) is 3.29. The third kappa shape index (κ3) is 2.64. The van der Waals surface area contributed by atoms with Crippen molar-refractivity contribution >= 4 is 22.1 Å². The predicted molar refractivity (Wildman–Crippen MR) is 109 cm³/mol. The highest BCUT2D eigenvalue weighted by Gasteiger charge is 2.23. The first-order valence-electron chi connectivity index (χ1n) is 9.91. The summed E-state index contributed by atoms with van der Waals surface area (Å²) < 4.78 is 8.56.